The van der Waals surface area contributed by atoms with Crippen molar-refractivity contribution in [1.29, 1.82) is 0 Å². The summed E-state index contributed by atoms with van der Waals surface area (Å²) in [7, 11) is 0. The lowest BCUT2D eigenvalue weighted by molar-refractivity contribution is 0.104. The van der Waals surface area contributed by atoms with Crippen molar-refractivity contribution in [1.82, 2.24) is 15.0 Å². The summed E-state index contributed by atoms with van der Waals surface area (Å²) in [4.78, 5) is 27.1. The van der Waals surface area contributed by atoms with Crippen LogP contribution in [0.2, 0.25) is 5.02 Å². The minimum atomic E-state index is -0.213. The lowest BCUT2D eigenvalue weighted by Gasteiger charge is -2.20. The molecule has 6 nitrogen and oxygen atoms in total. The fourth-order valence-corrected chi connectivity index (χ4v) is 3.74. The second-order valence-electron chi connectivity index (χ2n) is 6.93. The Morgan fingerprint density at radius 3 is 2.68 bits per heavy atom. The Morgan fingerprint density at radius 1 is 1.03 bits per heavy atom. The molecular formula is C24H17ClN4O2. The first-order chi connectivity index (χ1) is 15.2. The maximum Gasteiger partial charge on any atom is 0.196 e. The maximum absolute atomic E-state index is 13.4. The van der Waals surface area contributed by atoms with Crippen molar-refractivity contribution in [2.24, 2.45) is 0 Å². The van der Waals surface area contributed by atoms with E-state index in [2.05, 4.69) is 15.0 Å². The Balaban J connectivity index is 1.50. The van der Waals surface area contributed by atoms with E-state index in [0.717, 1.165) is 0 Å². The number of hydrogen-bond donors (Lipinski definition) is 1. The predicted molar refractivity (Wildman–Crippen MR) is 121 cm³/mol. The number of rotatable bonds is 5. The average Bonchev–Trinajstić information content (AvgIpc) is 3.24. The highest BCUT2D eigenvalue weighted by atomic mass is 35.5. The zero-order valence-electron chi connectivity index (χ0n) is 16.3. The molecule has 0 saturated carbocycles. The normalized spacial score (nSPS) is 13.0. The molecular weight excluding hydrogens is 412 g/mol. The molecule has 1 N–H and O–H groups in total. The van der Waals surface area contributed by atoms with Gasteiger partial charge in [0.15, 0.2) is 5.78 Å². The number of halogens is 1. The lowest BCUT2D eigenvalue weighted by Crippen LogP contribution is -2.19. The first-order valence-electron chi connectivity index (χ1n) is 9.70. The topological polar surface area (TPSA) is 71.1 Å². The van der Waals surface area contributed by atoms with Crippen molar-refractivity contribution in [2.45, 2.75) is 0 Å². The monoisotopic (exact) mass is 428 g/mol. The van der Waals surface area contributed by atoms with E-state index >= 15 is 0 Å². The van der Waals surface area contributed by atoms with Gasteiger partial charge in [0.2, 0.25) is 0 Å². The highest BCUT2D eigenvalue weighted by molar-refractivity contribution is 6.35. The zero-order valence-corrected chi connectivity index (χ0v) is 17.1. The van der Waals surface area contributed by atoms with Crippen LogP contribution in [0.5, 0.6) is 11.5 Å². The lowest BCUT2D eigenvalue weighted by atomic mass is 10.0. The SMILES string of the molecule is O=C(c1ccc(Oc2ccccc2)cc1Cl)c1c[nH]c2ncnc(N3C=CC=CC3)c12. The molecule has 0 aliphatic carbocycles. The van der Waals surface area contributed by atoms with E-state index in [9.17, 15) is 4.79 Å². The van der Waals surface area contributed by atoms with Gasteiger partial charge < -0.3 is 14.6 Å². The van der Waals surface area contributed by atoms with Gasteiger partial charge in [-0.05, 0) is 30.3 Å². The van der Waals surface area contributed by atoms with Crippen LogP contribution >= 0.6 is 11.6 Å². The summed E-state index contributed by atoms with van der Waals surface area (Å²) in [6.07, 6.45) is 11.0. The maximum atomic E-state index is 13.4. The van der Waals surface area contributed by atoms with E-state index in [1.165, 1.54) is 6.33 Å². The number of nitrogens with one attached hydrogen (secondary N) is 1. The third kappa shape index (κ3) is 3.69. The highest BCUT2D eigenvalue weighted by Crippen LogP contribution is 2.32. The second kappa shape index (κ2) is 8.08. The van der Waals surface area contributed by atoms with E-state index in [4.69, 9.17) is 16.3 Å². The largest absolute Gasteiger partial charge is 0.457 e. The van der Waals surface area contributed by atoms with Crippen molar-refractivity contribution in [2.75, 3.05) is 11.4 Å². The van der Waals surface area contributed by atoms with Crippen molar-refractivity contribution < 1.29 is 9.53 Å². The minimum absolute atomic E-state index is 0.213. The van der Waals surface area contributed by atoms with Crippen LogP contribution < -0.4 is 9.64 Å². The molecule has 152 valence electrons. The van der Waals surface area contributed by atoms with Crippen LogP contribution in [-0.4, -0.2) is 27.3 Å². The fraction of sp³-hybridized carbons (Fsp3) is 0.0417. The Hall–Kier alpha value is -3.90. The number of carbonyl (C=O) groups is 1. The molecule has 0 unspecified atom stereocenters. The zero-order chi connectivity index (χ0) is 21.2. The van der Waals surface area contributed by atoms with Gasteiger partial charge in [-0.2, -0.15) is 0 Å². The van der Waals surface area contributed by atoms with Crippen LogP contribution in [0.4, 0.5) is 5.82 Å². The van der Waals surface area contributed by atoms with Gasteiger partial charge in [0, 0.05) is 30.6 Å². The summed E-state index contributed by atoms with van der Waals surface area (Å²) in [5.74, 6) is 1.70. The van der Waals surface area contributed by atoms with Gasteiger partial charge in [0.1, 0.15) is 29.3 Å². The molecule has 0 atom stereocenters. The summed E-state index contributed by atoms with van der Waals surface area (Å²) in [5.41, 5.74) is 1.44. The van der Waals surface area contributed by atoms with Crippen LogP contribution in [0.25, 0.3) is 11.0 Å². The van der Waals surface area contributed by atoms with Gasteiger partial charge in [0.25, 0.3) is 0 Å². The number of aromatic amines is 1. The fourth-order valence-electron chi connectivity index (χ4n) is 3.48. The molecule has 3 heterocycles. The number of H-pyrrole nitrogens is 1. The molecule has 0 fully saturated rings. The van der Waals surface area contributed by atoms with E-state index in [-0.39, 0.29) is 5.78 Å². The second-order valence-corrected chi connectivity index (χ2v) is 7.34. The van der Waals surface area contributed by atoms with Crippen LogP contribution in [0.3, 0.4) is 0 Å². The van der Waals surface area contributed by atoms with Crippen molar-refractivity contribution in [3.05, 3.63) is 102 Å². The van der Waals surface area contributed by atoms with E-state index in [1.807, 2.05) is 59.7 Å². The molecule has 2 aromatic heterocycles. The number of allylic oxidation sites excluding steroid dienone is 2. The van der Waals surface area contributed by atoms with E-state index in [0.29, 0.717) is 51.0 Å². The molecule has 4 aromatic rings. The number of fused-ring (bicyclic) bond motifs is 1. The molecule has 7 heteroatoms. The molecule has 31 heavy (non-hydrogen) atoms. The number of para-hydroxylation sites is 1. The predicted octanol–water partition coefficient (Wildman–Crippen LogP) is 5.52. The van der Waals surface area contributed by atoms with Gasteiger partial charge in [-0.15, -0.1) is 0 Å². The number of ether oxygens (including phenoxy) is 1. The Kier molecular flexibility index (Phi) is 4.98. The molecule has 0 bridgehead atoms. The number of hydrogen-bond acceptors (Lipinski definition) is 5. The molecule has 0 amide bonds. The quantitative estimate of drug-likeness (QED) is 0.423. The summed E-state index contributed by atoms with van der Waals surface area (Å²) in [5, 5.41) is 0.972. The van der Waals surface area contributed by atoms with Crippen LogP contribution in [0.15, 0.2) is 85.5 Å². The summed E-state index contributed by atoms with van der Waals surface area (Å²) >= 11 is 6.47. The molecule has 0 spiro atoms. The smallest absolute Gasteiger partial charge is 0.196 e. The van der Waals surface area contributed by atoms with Gasteiger partial charge in [0.05, 0.1) is 16.0 Å². The molecule has 5 rings (SSSR count). The van der Waals surface area contributed by atoms with Crippen LogP contribution in [0.1, 0.15) is 15.9 Å². The summed E-state index contributed by atoms with van der Waals surface area (Å²) < 4.78 is 5.81. The average molecular weight is 429 g/mol. The number of ketones is 1. The van der Waals surface area contributed by atoms with E-state index < -0.39 is 0 Å². The standard InChI is InChI=1S/C24H17ClN4O2/c25-20-13-17(31-16-7-3-1-4-8-16)9-10-18(20)22(30)19-14-26-23-21(19)24(28-15-27-23)29-11-5-2-6-12-29/h1-11,13-15H,12H2,(H,26,27,28). The summed E-state index contributed by atoms with van der Waals surface area (Å²) in [6.45, 7) is 0.660. The molecule has 0 radical (unpaired) electrons. The third-order valence-electron chi connectivity index (χ3n) is 4.95. The first-order valence-corrected chi connectivity index (χ1v) is 10.1. The number of carbonyl (C=O) groups excluding carboxylic acids is 1. The molecule has 1 aliphatic rings. The van der Waals surface area contributed by atoms with Gasteiger partial charge in [-0.1, -0.05) is 42.0 Å². The number of nitrogens with zero attached hydrogens (tertiary/aromatic N) is 3. The van der Waals surface area contributed by atoms with Crippen molar-refractivity contribution in [3.63, 3.8) is 0 Å². The summed E-state index contributed by atoms with van der Waals surface area (Å²) in [6, 6.07) is 14.4. The van der Waals surface area contributed by atoms with Crippen LogP contribution in [0, 0.1) is 0 Å². The Morgan fingerprint density at radius 2 is 1.90 bits per heavy atom. The highest BCUT2D eigenvalue weighted by Gasteiger charge is 2.22. The minimum Gasteiger partial charge on any atom is -0.457 e. The molecule has 0 saturated heterocycles. The molecule has 1 aliphatic heterocycles. The van der Waals surface area contributed by atoms with Gasteiger partial charge in [-0.3, -0.25) is 4.79 Å². The van der Waals surface area contributed by atoms with Crippen molar-refractivity contribution in [3.8, 4) is 11.5 Å². The third-order valence-corrected chi connectivity index (χ3v) is 5.26. The van der Waals surface area contributed by atoms with Gasteiger partial charge in [-0.25, -0.2) is 9.97 Å². The van der Waals surface area contributed by atoms with Gasteiger partial charge >= 0.3 is 0 Å². The van der Waals surface area contributed by atoms with Crippen molar-refractivity contribution >= 4 is 34.2 Å². The Labute approximate surface area is 183 Å². The number of benzene rings is 2. The number of aromatic nitrogens is 3. The number of anilines is 1. The van der Waals surface area contributed by atoms with E-state index in [1.54, 1.807) is 24.4 Å². The Bertz CT molecular complexity index is 1330. The molecule has 2 aromatic carbocycles. The van der Waals surface area contributed by atoms with Crippen LogP contribution in [-0.2, 0) is 0 Å². The first kappa shape index (κ1) is 19.1.